The van der Waals surface area contributed by atoms with Crippen molar-refractivity contribution in [2.75, 3.05) is 26.2 Å². The molecule has 1 amide bonds. The summed E-state index contributed by atoms with van der Waals surface area (Å²) in [5, 5.41) is 0. The van der Waals surface area contributed by atoms with Crippen LogP contribution in [0.2, 0.25) is 0 Å². The van der Waals surface area contributed by atoms with Crippen LogP contribution in [0.1, 0.15) is 57.6 Å². The zero-order valence-electron chi connectivity index (χ0n) is 16.0. The van der Waals surface area contributed by atoms with Crippen molar-refractivity contribution in [2.45, 2.75) is 64.3 Å². The van der Waals surface area contributed by atoms with Crippen LogP contribution < -0.4 is 0 Å². The molecule has 0 N–H and O–H groups in total. The summed E-state index contributed by atoms with van der Waals surface area (Å²) in [6.07, 6.45) is 12.9. The summed E-state index contributed by atoms with van der Waals surface area (Å²) >= 11 is 0. The highest BCUT2D eigenvalue weighted by Crippen LogP contribution is 2.24. The largest absolute Gasteiger partial charge is 0.343 e. The fraction of sp³-hybridized carbons (Fsp3) is 0.800. The van der Waals surface area contributed by atoms with E-state index < -0.39 is 0 Å². The van der Waals surface area contributed by atoms with Gasteiger partial charge in [-0.1, -0.05) is 6.42 Å². The van der Waals surface area contributed by atoms with E-state index in [9.17, 15) is 4.79 Å². The number of imidazole rings is 1. The van der Waals surface area contributed by atoms with Gasteiger partial charge in [0.15, 0.2) is 0 Å². The number of piperidine rings is 2. The quantitative estimate of drug-likeness (QED) is 0.795. The van der Waals surface area contributed by atoms with Crippen molar-refractivity contribution in [3.05, 3.63) is 18.2 Å². The van der Waals surface area contributed by atoms with E-state index in [1.807, 2.05) is 17.8 Å². The first-order valence-electron chi connectivity index (χ1n) is 10.1. The minimum atomic E-state index is 0.310. The molecule has 3 heterocycles. The van der Waals surface area contributed by atoms with Crippen molar-refractivity contribution in [3.63, 3.8) is 0 Å². The normalized spacial score (nSPS) is 23.1. The van der Waals surface area contributed by atoms with E-state index in [1.165, 1.54) is 51.6 Å². The molecule has 5 nitrogen and oxygen atoms in total. The highest BCUT2D eigenvalue weighted by atomic mass is 16.2. The van der Waals surface area contributed by atoms with Crippen LogP contribution in [0, 0.1) is 5.92 Å². The van der Waals surface area contributed by atoms with E-state index in [2.05, 4.69) is 21.7 Å². The van der Waals surface area contributed by atoms with Crippen molar-refractivity contribution in [1.29, 1.82) is 0 Å². The Balaban J connectivity index is 1.35. The molecule has 0 bridgehead atoms. The van der Waals surface area contributed by atoms with Crippen LogP contribution in [0.25, 0.3) is 0 Å². The third-order valence-electron chi connectivity index (χ3n) is 6.24. The number of nitrogens with zero attached hydrogens (tertiary/aromatic N) is 4. The van der Waals surface area contributed by atoms with Crippen LogP contribution in [0.4, 0.5) is 0 Å². The van der Waals surface area contributed by atoms with Gasteiger partial charge in [0.05, 0.1) is 6.33 Å². The molecular formula is C20H34N4O. The average Bonchev–Trinajstić information content (AvgIpc) is 3.04. The van der Waals surface area contributed by atoms with Gasteiger partial charge in [-0.25, -0.2) is 4.98 Å². The number of aryl methyl sites for hydroxylation is 2. The van der Waals surface area contributed by atoms with Crippen molar-refractivity contribution in [2.24, 2.45) is 13.0 Å². The third kappa shape index (κ3) is 5.06. The van der Waals surface area contributed by atoms with Crippen molar-refractivity contribution in [1.82, 2.24) is 19.4 Å². The van der Waals surface area contributed by atoms with Gasteiger partial charge in [-0.05, 0) is 64.5 Å². The monoisotopic (exact) mass is 346 g/mol. The SMILES string of the molecule is C[C@H]1CCCCN1CCC1CCN(C(=O)CCc2cncn2C)CC1. The van der Waals surface area contributed by atoms with Gasteiger partial charge < -0.3 is 14.4 Å². The first-order chi connectivity index (χ1) is 12.1. The number of hydrogen-bond donors (Lipinski definition) is 0. The van der Waals surface area contributed by atoms with Gasteiger partial charge in [-0.15, -0.1) is 0 Å². The smallest absolute Gasteiger partial charge is 0.222 e. The molecule has 0 spiro atoms. The molecule has 2 saturated heterocycles. The van der Waals surface area contributed by atoms with Gasteiger partial charge in [0.1, 0.15) is 0 Å². The first kappa shape index (κ1) is 18.4. The summed E-state index contributed by atoms with van der Waals surface area (Å²) in [7, 11) is 1.99. The Bertz CT molecular complexity index is 548. The molecule has 1 aromatic heterocycles. The molecule has 3 rings (SSSR count). The summed E-state index contributed by atoms with van der Waals surface area (Å²) in [5.41, 5.74) is 1.14. The Morgan fingerprint density at radius 3 is 2.68 bits per heavy atom. The Kier molecular flexibility index (Phi) is 6.51. The van der Waals surface area contributed by atoms with E-state index in [4.69, 9.17) is 0 Å². The highest BCUT2D eigenvalue weighted by Gasteiger charge is 2.24. The van der Waals surface area contributed by atoms with Crippen LogP contribution in [-0.2, 0) is 18.3 Å². The van der Waals surface area contributed by atoms with Gasteiger partial charge >= 0.3 is 0 Å². The molecule has 2 aliphatic rings. The molecule has 0 saturated carbocycles. The molecule has 0 radical (unpaired) electrons. The van der Waals surface area contributed by atoms with Crippen LogP contribution in [0.15, 0.2) is 12.5 Å². The van der Waals surface area contributed by atoms with Gasteiger partial charge in [0.25, 0.3) is 0 Å². The molecule has 140 valence electrons. The van der Waals surface area contributed by atoms with Crippen LogP contribution in [-0.4, -0.2) is 57.5 Å². The zero-order chi connectivity index (χ0) is 17.6. The molecule has 0 aliphatic carbocycles. The lowest BCUT2D eigenvalue weighted by molar-refractivity contribution is -0.132. The number of carbonyl (C=O) groups is 1. The predicted molar refractivity (Wildman–Crippen MR) is 100 cm³/mol. The molecule has 0 aromatic carbocycles. The molecule has 2 fully saturated rings. The van der Waals surface area contributed by atoms with Gasteiger partial charge in [0, 0.05) is 44.5 Å². The Labute approximate surface area is 152 Å². The lowest BCUT2D eigenvalue weighted by atomic mass is 9.92. The number of amides is 1. The molecule has 1 aromatic rings. The highest BCUT2D eigenvalue weighted by molar-refractivity contribution is 5.76. The molecule has 1 atom stereocenters. The topological polar surface area (TPSA) is 41.4 Å². The van der Waals surface area contributed by atoms with Gasteiger partial charge in [0.2, 0.25) is 5.91 Å². The van der Waals surface area contributed by atoms with Crippen LogP contribution >= 0.6 is 0 Å². The second-order valence-corrected chi connectivity index (χ2v) is 7.99. The summed E-state index contributed by atoms with van der Waals surface area (Å²) in [5.74, 6) is 1.11. The van der Waals surface area contributed by atoms with Crippen LogP contribution in [0.5, 0.6) is 0 Å². The maximum atomic E-state index is 12.4. The number of hydrogen-bond acceptors (Lipinski definition) is 3. The van der Waals surface area contributed by atoms with E-state index >= 15 is 0 Å². The van der Waals surface area contributed by atoms with E-state index in [0.717, 1.165) is 37.2 Å². The Morgan fingerprint density at radius 1 is 1.20 bits per heavy atom. The summed E-state index contributed by atoms with van der Waals surface area (Å²) in [4.78, 5) is 21.3. The third-order valence-corrected chi connectivity index (χ3v) is 6.24. The maximum absolute atomic E-state index is 12.4. The Morgan fingerprint density at radius 2 is 2.00 bits per heavy atom. The summed E-state index contributed by atoms with van der Waals surface area (Å²) < 4.78 is 2.00. The lowest BCUT2D eigenvalue weighted by Gasteiger charge is -2.36. The summed E-state index contributed by atoms with van der Waals surface area (Å²) in [6.45, 7) is 6.81. The number of aromatic nitrogens is 2. The molecular weight excluding hydrogens is 312 g/mol. The fourth-order valence-corrected chi connectivity index (χ4v) is 4.33. The van der Waals surface area contributed by atoms with Gasteiger partial charge in [-0.2, -0.15) is 0 Å². The Hall–Kier alpha value is -1.36. The standard InChI is InChI=1S/C20H34N4O/c1-17-5-3-4-11-23(17)12-8-18-9-13-24(14-10-18)20(25)7-6-19-15-21-16-22(19)2/h15-18H,3-14H2,1-2H3/t17-/m0/s1. The molecule has 0 unspecified atom stereocenters. The number of likely N-dealkylation sites (tertiary alicyclic amines) is 2. The maximum Gasteiger partial charge on any atom is 0.222 e. The second-order valence-electron chi connectivity index (χ2n) is 7.99. The molecule has 2 aliphatic heterocycles. The van der Waals surface area contributed by atoms with E-state index in [-0.39, 0.29) is 0 Å². The second kappa shape index (κ2) is 8.84. The minimum absolute atomic E-state index is 0.310. The summed E-state index contributed by atoms with van der Waals surface area (Å²) in [6, 6.07) is 0.766. The van der Waals surface area contributed by atoms with Crippen molar-refractivity contribution in [3.8, 4) is 0 Å². The predicted octanol–water partition coefficient (Wildman–Crippen LogP) is 2.86. The van der Waals surface area contributed by atoms with E-state index in [1.54, 1.807) is 6.33 Å². The molecule has 5 heteroatoms. The van der Waals surface area contributed by atoms with Gasteiger partial charge in [-0.3, -0.25) is 4.79 Å². The molecule has 25 heavy (non-hydrogen) atoms. The number of carbonyl (C=O) groups excluding carboxylic acids is 1. The van der Waals surface area contributed by atoms with Crippen molar-refractivity contribution >= 4 is 5.91 Å². The van der Waals surface area contributed by atoms with E-state index in [0.29, 0.717) is 12.3 Å². The lowest BCUT2D eigenvalue weighted by Crippen LogP contribution is -2.41. The average molecular weight is 347 g/mol. The van der Waals surface area contributed by atoms with Crippen LogP contribution in [0.3, 0.4) is 0 Å². The zero-order valence-corrected chi connectivity index (χ0v) is 16.0. The fourth-order valence-electron chi connectivity index (χ4n) is 4.33. The van der Waals surface area contributed by atoms with Crippen molar-refractivity contribution < 1.29 is 4.79 Å². The first-order valence-corrected chi connectivity index (χ1v) is 10.1. The minimum Gasteiger partial charge on any atom is -0.343 e. The number of rotatable bonds is 6.